The van der Waals surface area contributed by atoms with Gasteiger partial charge in [-0.15, -0.1) is 0 Å². The highest BCUT2D eigenvalue weighted by Crippen LogP contribution is 2.21. The Labute approximate surface area is 227 Å². The summed E-state index contributed by atoms with van der Waals surface area (Å²) in [4.78, 5) is 87.5. The number of carbonyl (C=O) groups is 7. The predicted octanol–water partition coefficient (Wildman–Crippen LogP) is -2.83. The van der Waals surface area contributed by atoms with E-state index in [1.807, 2.05) is 0 Å². The molecule has 0 aromatic heterocycles. The average Bonchev–Trinajstić information content (AvgIpc) is 3.33. The lowest BCUT2D eigenvalue weighted by atomic mass is 9.98. The fourth-order valence-electron chi connectivity index (χ4n) is 4.09. The summed E-state index contributed by atoms with van der Waals surface area (Å²) < 4.78 is 0. The first-order valence-electron chi connectivity index (χ1n) is 12.8. The van der Waals surface area contributed by atoms with Crippen molar-refractivity contribution in [2.75, 3.05) is 13.1 Å². The third-order valence-corrected chi connectivity index (χ3v) is 6.29. The summed E-state index contributed by atoms with van der Waals surface area (Å²) in [6.45, 7) is 8.14. The van der Waals surface area contributed by atoms with E-state index in [1.165, 1.54) is 11.8 Å². The molecule has 15 heteroatoms. The molecule has 15 nitrogen and oxygen atoms in total. The molecule has 6 amide bonds. The van der Waals surface area contributed by atoms with Gasteiger partial charge in [0.1, 0.15) is 30.2 Å². The number of carboxylic acid groups (broad SMARTS) is 1. The highest BCUT2D eigenvalue weighted by molar-refractivity contribution is 5.96. The molecule has 220 valence electrons. The van der Waals surface area contributed by atoms with Gasteiger partial charge in [-0.25, -0.2) is 4.79 Å². The molecule has 1 aliphatic rings. The molecule has 0 spiro atoms. The van der Waals surface area contributed by atoms with Crippen molar-refractivity contribution in [2.45, 2.75) is 84.1 Å². The van der Waals surface area contributed by atoms with E-state index in [-0.39, 0.29) is 25.4 Å². The zero-order valence-electron chi connectivity index (χ0n) is 23.0. The Kier molecular flexibility index (Phi) is 12.8. The molecule has 0 aromatic carbocycles. The molecule has 0 unspecified atom stereocenters. The second kappa shape index (κ2) is 15.0. The standard InChI is InChI=1S/C24H41N7O8/c1-11(2)18(29-20(34)13(5)27-17(33)10-25)22(36)30-19(12(3)4)23(37)31-8-6-7-15(31)21(35)28-14(24(38)39)9-16(26)32/h11-15,18-19H,6-10,25H2,1-5H3,(H2,26,32)(H,27,33)(H,28,35)(H,29,34)(H,30,36)(H,38,39)/t13-,14-,15-,18-,19-/m0/s1. The molecule has 1 fully saturated rings. The summed E-state index contributed by atoms with van der Waals surface area (Å²) in [6, 6.07) is -5.59. The van der Waals surface area contributed by atoms with E-state index in [9.17, 15) is 38.7 Å². The summed E-state index contributed by atoms with van der Waals surface area (Å²) in [6.07, 6.45) is 0.118. The molecule has 5 atom stereocenters. The smallest absolute Gasteiger partial charge is 0.326 e. The summed E-state index contributed by atoms with van der Waals surface area (Å²) in [5.74, 6) is -6.21. The van der Waals surface area contributed by atoms with E-state index in [4.69, 9.17) is 11.5 Å². The zero-order valence-corrected chi connectivity index (χ0v) is 23.0. The van der Waals surface area contributed by atoms with Gasteiger partial charge in [-0.1, -0.05) is 27.7 Å². The molecule has 0 aliphatic carbocycles. The molecule has 9 N–H and O–H groups in total. The van der Waals surface area contributed by atoms with Crippen LogP contribution in [0.3, 0.4) is 0 Å². The van der Waals surface area contributed by atoms with Crippen LogP contribution >= 0.6 is 0 Å². The van der Waals surface area contributed by atoms with Crippen molar-refractivity contribution in [3.8, 4) is 0 Å². The second-order valence-corrected chi connectivity index (χ2v) is 10.2. The number of nitrogens with one attached hydrogen (secondary N) is 4. The van der Waals surface area contributed by atoms with Gasteiger partial charge in [0.05, 0.1) is 13.0 Å². The second-order valence-electron chi connectivity index (χ2n) is 10.2. The molecular formula is C24H41N7O8. The average molecular weight is 556 g/mol. The van der Waals surface area contributed by atoms with Gasteiger partial charge < -0.3 is 42.7 Å². The minimum absolute atomic E-state index is 0.201. The van der Waals surface area contributed by atoms with Gasteiger partial charge in [-0.2, -0.15) is 0 Å². The van der Waals surface area contributed by atoms with Crippen LogP contribution in [0.1, 0.15) is 53.9 Å². The Bertz CT molecular complexity index is 955. The third-order valence-electron chi connectivity index (χ3n) is 6.29. The van der Waals surface area contributed by atoms with Crippen molar-refractivity contribution >= 4 is 41.4 Å². The summed E-state index contributed by atoms with van der Waals surface area (Å²) >= 11 is 0. The SMILES string of the molecule is CC(C)[C@H](NC(=O)[C@H](C)NC(=O)CN)C(=O)N[C@H](C(=O)N1CCC[C@H]1C(=O)N[C@@H](CC(N)=O)C(=O)O)C(C)C. The zero-order chi connectivity index (χ0) is 30.0. The largest absolute Gasteiger partial charge is 0.480 e. The van der Waals surface area contributed by atoms with Crippen molar-refractivity contribution in [1.82, 2.24) is 26.2 Å². The minimum atomic E-state index is -1.54. The monoisotopic (exact) mass is 555 g/mol. The maximum absolute atomic E-state index is 13.5. The van der Waals surface area contributed by atoms with E-state index in [0.29, 0.717) is 6.42 Å². The van der Waals surface area contributed by atoms with E-state index in [0.717, 1.165) is 0 Å². The summed E-state index contributed by atoms with van der Waals surface area (Å²) in [5, 5.41) is 19.2. The molecule has 1 rings (SSSR count). The van der Waals surface area contributed by atoms with Crippen LogP contribution in [0.15, 0.2) is 0 Å². The lowest BCUT2D eigenvalue weighted by Gasteiger charge is -2.32. The topological polar surface area (TPSA) is 243 Å². The quantitative estimate of drug-likeness (QED) is 0.117. The van der Waals surface area contributed by atoms with Crippen LogP contribution in [0.2, 0.25) is 0 Å². The van der Waals surface area contributed by atoms with Crippen molar-refractivity contribution in [3.63, 3.8) is 0 Å². The van der Waals surface area contributed by atoms with Gasteiger partial charge in [0.2, 0.25) is 35.4 Å². The predicted molar refractivity (Wildman–Crippen MR) is 138 cm³/mol. The van der Waals surface area contributed by atoms with Crippen LogP contribution in [0.25, 0.3) is 0 Å². The van der Waals surface area contributed by atoms with Crippen LogP contribution in [-0.4, -0.2) is 94.7 Å². The Morgan fingerprint density at radius 1 is 0.872 bits per heavy atom. The van der Waals surface area contributed by atoms with Gasteiger partial charge in [-0.05, 0) is 31.6 Å². The minimum Gasteiger partial charge on any atom is -0.480 e. The lowest BCUT2D eigenvalue weighted by Crippen LogP contribution is -2.60. The Morgan fingerprint density at radius 2 is 1.44 bits per heavy atom. The Balaban J connectivity index is 3.02. The van der Waals surface area contributed by atoms with Crippen LogP contribution in [-0.2, 0) is 33.6 Å². The van der Waals surface area contributed by atoms with Gasteiger partial charge in [-0.3, -0.25) is 28.8 Å². The van der Waals surface area contributed by atoms with Crippen LogP contribution in [0.5, 0.6) is 0 Å². The van der Waals surface area contributed by atoms with E-state index in [1.54, 1.807) is 27.7 Å². The fourth-order valence-corrected chi connectivity index (χ4v) is 4.09. The van der Waals surface area contributed by atoms with Crippen molar-refractivity contribution in [3.05, 3.63) is 0 Å². The number of nitrogens with zero attached hydrogens (tertiary/aromatic N) is 1. The van der Waals surface area contributed by atoms with E-state index in [2.05, 4.69) is 21.3 Å². The molecule has 1 heterocycles. The molecule has 1 aliphatic heterocycles. The molecule has 0 radical (unpaired) electrons. The first-order valence-corrected chi connectivity index (χ1v) is 12.8. The highest BCUT2D eigenvalue weighted by Gasteiger charge is 2.40. The fraction of sp³-hybridized carbons (Fsp3) is 0.708. The lowest BCUT2D eigenvalue weighted by molar-refractivity contribution is -0.146. The van der Waals surface area contributed by atoms with Gasteiger partial charge >= 0.3 is 5.97 Å². The number of primary amides is 1. The Morgan fingerprint density at radius 3 is 1.92 bits per heavy atom. The molecule has 0 aromatic rings. The number of hydrogen-bond acceptors (Lipinski definition) is 8. The third kappa shape index (κ3) is 9.81. The van der Waals surface area contributed by atoms with Crippen molar-refractivity contribution < 1.29 is 38.7 Å². The van der Waals surface area contributed by atoms with E-state index >= 15 is 0 Å². The number of hydrogen-bond donors (Lipinski definition) is 7. The maximum Gasteiger partial charge on any atom is 0.326 e. The number of carbonyl (C=O) groups excluding carboxylic acids is 6. The molecule has 0 saturated carbocycles. The Hall–Kier alpha value is -3.75. The van der Waals surface area contributed by atoms with Crippen LogP contribution in [0, 0.1) is 11.8 Å². The number of likely N-dealkylation sites (tertiary alicyclic amines) is 1. The van der Waals surface area contributed by atoms with Crippen LogP contribution in [0.4, 0.5) is 0 Å². The number of amides is 6. The van der Waals surface area contributed by atoms with Crippen molar-refractivity contribution in [2.24, 2.45) is 23.3 Å². The first kappa shape index (κ1) is 33.3. The van der Waals surface area contributed by atoms with Gasteiger partial charge in [0.15, 0.2) is 0 Å². The molecule has 39 heavy (non-hydrogen) atoms. The summed E-state index contributed by atoms with van der Waals surface area (Å²) in [5.41, 5.74) is 10.3. The normalized spacial score (nSPS) is 18.1. The highest BCUT2D eigenvalue weighted by atomic mass is 16.4. The molecular weight excluding hydrogens is 514 g/mol. The number of rotatable bonds is 14. The van der Waals surface area contributed by atoms with E-state index < -0.39 is 84.0 Å². The molecule has 0 bridgehead atoms. The number of aliphatic carboxylic acids is 1. The van der Waals surface area contributed by atoms with Crippen LogP contribution < -0.4 is 32.7 Å². The maximum atomic E-state index is 13.5. The number of carboxylic acids is 1. The van der Waals surface area contributed by atoms with Gasteiger partial charge in [0, 0.05) is 6.54 Å². The molecule has 1 saturated heterocycles. The van der Waals surface area contributed by atoms with Gasteiger partial charge in [0.25, 0.3) is 0 Å². The first-order chi connectivity index (χ1) is 18.1. The number of nitrogens with two attached hydrogens (primary N) is 2. The summed E-state index contributed by atoms with van der Waals surface area (Å²) in [7, 11) is 0. The van der Waals surface area contributed by atoms with Crippen molar-refractivity contribution in [1.29, 1.82) is 0 Å².